The third kappa shape index (κ3) is 9.48. The van der Waals surface area contributed by atoms with Gasteiger partial charge in [0.2, 0.25) is 22.0 Å². The van der Waals surface area contributed by atoms with Crippen LogP contribution in [0, 0.1) is 67.1 Å². The van der Waals surface area contributed by atoms with Gasteiger partial charge in [-0.1, -0.05) is 180 Å². The molecule has 0 aromatic heterocycles. The van der Waals surface area contributed by atoms with Gasteiger partial charge in [0, 0.05) is 70.2 Å². The number of anilines is 2. The summed E-state index contributed by atoms with van der Waals surface area (Å²) in [5, 5.41) is 58.8. The molecule has 10 nitrogen and oxygen atoms in total. The molecule has 4 unspecified atom stereocenters. The fourth-order valence-electron chi connectivity index (χ4n) is 17.6. The highest BCUT2D eigenvalue weighted by Crippen LogP contribution is 2.54. The first kappa shape index (κ1) is 61.0. The third-order valence-corrected chi connectivity index (χ3v) is 21.3. The molecule has 4 atom stereocenters. The number of fused-ring (bicyclic) bond motifs is 2. The molecule has 2 heterocycles. The fraction of sp³-hybridized carbons (Fsp3) is 0.438. The number of nitrogens with one attached hydrogen (secondary N) is 4. The molecule has 4 aromatic carbocycles. The summed E-state index contributed by atoms with van der Waals surface area (Å²) < 4.78 is 0. The number of allylic oxidation sites excluding steroid dienone is 9. The molecule has 1 saturated carbocycles. The van der Waals surface area contributed by atoms with Crippen LogP contribution in [0.1, 0.15) is 181 Å². The molecule has 90 heavy (non-hydrogen) atoms. The number of carbonyl (C=O) groups is 3. The van der Waals surface area contributed by atoms with E-state index in [2.05, 4.69) is 142 Å². The zero-order valence-electron chi connectivity index (χ0n) is 55.7. The Morgan fingerprint density at radius 2 is 0.978 bits per heavy atom. The van der Waals surface area contributed by atoms with Crippen molar-refractivity contribution >= 4 is 78.1 Å². The number of hydrogen-bond donors (Lipinski definition) is 4. The molecule has 4 N–H and O–H groups in total. The molecule has 1 fully saturated rings. The van der Waals surface area contributed by atoms with Gasteiger partial charge in [0.05, 0.1) is 32.6 Å². The van der Waals surface area contributed by atoms with Crippen LogP contribution in [0.15, 0.2) is 113 Å². The summed E-state index contributed by atoms with van der Waals surface area (Å²) >= 11 is 0. The van der Waals surface area contributed by atoms with E-state index in [1.807, 2.05) is 68.4 Å². The van der Waals surface area contributed by atoms with Crippen LogP contribution in [-0.2, 0) is 14.4 Å². The first-order chi connectivity index (χ1) is 42.6. The molecule has 0 radical (unpaired) electrons. The van der Waals surface area contributed by atoms with Gasteiger partial charge in [0.15, 0.2) is 17.3 Å². The van der Waals surface area contributed by atoms with Gasteiger partial charge in [-0.15, -0.1) is 0 Å². The van der Waals surface area contributed by atoms with Crippen molar-refractivity contribution in [3.8, 4) is 11.1 Å². The first-order valence-corrected chi connectivity index (χ1v) is 33.6. The van der Waals surface area contributed by atoms with Crippen molar-refractivity contribution in [2.45, 2.75) is 173 Å². The van der Waals surface area contributed by atoms with Crippen molar-refractivity contribution in [2.75, 3.05) is 10.6 Å². The maximum atomic E-state index is 15.6. The summed E-state index contributed by atoms with van der Waals surface area (Å²) in [6.07, 6.45) is 8.05. The molecular weight excluding hydrogens is 1110 g/mol. The lowest BCUT2D eigenvalue weighted by atomic mass is 9.72. The number of Topliss-reactive ketones (excluding diaryl/α,β-unsaturated/α-hetero) is 3. The van der Waals surface area contributed by atoms with Crippen LogP contribution >= 0.6 is 0 Å². The Bertz CT molecular complexity index is 4570. The van der Waals surface area contributed by atoms with E-state index in [1.165, 1.54) is 11.1 Å². The standard InChI is InChI=1S/C80H90N4O6/c1-37(2)33-79(34-38(3)4)81-69-51(25-21-47-23-27-53(71(83-79)61(47)69)65-75(87)67(76(65)88)57-29-45(15)55-31-49(41(9)10)19-17-43(13)59(55)57)63-73(85)64(74(63)86)52-26-22-48-24-28-54(72-62(48)70(52)82-80(84-72,35-39(5)6)36-40(7)8)66-77(89)68(78(66)90)58-30-46(16)56-32-50(42(11)12)20-18-44(14)60(56)58/h17,19,21-31,37-42,44,50,56,60,81,84-85,87,89H,18,20,32-36H2,1-16H3/p-1/b64-52-,65-53-,68-58-. The number of aryl methyl sites for hydroxylation is 2. The van der Waals surface area contributed by atoms with E-state index in [1.54, 1.807) is 0 Å². The quantitative estimate of drug-likeness (QED) is 0.0831. The fourth-order valence-corrected chi connectivity index (χ4v) is 17.6. The van der Waals surface area contributed by atoms with Gasteiger partial charge in [0.25, 0.3) is 0 Å². The molecule has 466 valence electrons. The second-order valence-corrected chi connectivity index (χ2v) is 30.5. The predicted octanol–water partition coefficient (Wildman–Crippen LogP) is 8.91. The monoisotopic (exact) mass is 1200 g/mol. The van der Waals surface area contributed by atoms with Gasteiger partial charge in [-0.3, -0.25) is 14.4 Å². The molecule has 0 saturated heterocycles. The lowest BCUT2D eigenvalue weighted by Crippen LogP contribution is -2.96. The smallest absolute Gasteiger partial charge is 0.235 e. The minimum absolute atomic E-state index is 0.0612. The van der Waals surface area contributed by atoms with Gasteiger partial charge in [-0.2, -0.15) is 0 Å². The van der Waals surface area contributed by atoms with E-state index in [-0.39, 0.29) is 92.1 Å². The Hall–Kier alpha value is -7.85. The summed E-state index contributed by atoms with van der Waals surface area (Å²) in [6, 6.07) is 23.7. The highest BCUT2D eigenvalue weighted by atomic mass is 16.3. The molecule has 13 rings (SSSR count). The second-order valence-electron chi connectivity index (χ2n) is 30.5. The molecule has 0 bridgehead atoms. The molecule has 7 aliphatic carbocycles. The SMILES string of the molecule is CC1=C/C(=C2/C(=O)C(c3ccc4cc/c(=C5/C(=O)C(c6ccc7cc/c(=C8/C(=O)C(c9cc(C)c%10cc(C(C)C)ccc(C)c9-%10)=C8[O-])c8c7c6NC(CC(C)C)(CC(C)C)[NH+]=8)=C5[O-])c5c4c3NC(CC(C)C)(CC(C)C)[NH+]=5)=C2[O-])C2C(C)CCC(C(C)C)CC12. The van der Waals surface area contributed by atoms with Gasteiger partial charge >= 0.3 is 0 Å². The average Bonchev–Trinajstić information content (AvgIpc) is 0.768. The summed E-state index contributed by atoms with van der Waals surface area (Å²) in [4.78, 5) is 53.5. The van der Waals surface area contributed by atoms with Crippen LogP contribution in [0.5, 0.6) is 0 Å². The maximum Gasteiger partial charge on any atom is 0.235 e. The lowest BCUT2D eigenvalue weighted by Gasteiger charge is -2.38. The minimum atomic E-state index is -0.804. The van der Waals surface area contributed by atoms with E-state index in [0.29, 0.717) is 115 Å². The zero-order valence-corrected chi connectivity index (χ0v) is 55.7. The Balaban J connectivity index is 1.01. The Labute approximate surface area is 530 Å². The highest BCUT2D eigenvalue weighted by Gasteiger charge is 2.48. The molecule has 2 aliphatic heterocycles. The van der Waals surface area contributed by atoms with E-state index >= 15 is 19.8 Å². The first-order valence-electron chi connectivity index (χ1n) is 33.6. The van der Waals surface area contributed by atoms with Crippen molar-refractivity contribution in [1.29, 1.82) is 0 Å². The van der Waals surface area contributed by atoms with Crippen molar-refractivity contribution in [3.05, 3.63) is 167 Å². The van der Waals surface area contributed by atoms with Gasteiger partial charge in [-0.25, -0.2) is 9.98 Å². The molecule has 4 aromatic rings. The van der Waals surface area contributed by atoms with Crippen molar-refractivity contribution in [3.63, 3.8) is 0 Å². The predicted molar refractivity (Wildman–Crippen MR) is 355 cm³/mol. The van der Waals surface area contributed by atoms with Crippen molar-refractivity contribution in [2.24, 2.45) is 53.3 Å². The highest BCUT2D eigenvalue weighted by molar-refractivity contribution is 6.53. The van der Waals surface area contributed by atoms with Gasteiger partial charge < -0.3 is 26.0 Å². The van der Waals surface area contributed by atoms with Crippen LogP contribution in [0.4, 0.5) is 11.4 Å². The minimum Gasteiger partial charge on any atom is -0.871 e. The normalized spacial score (nSPS) is 23.9. The second kappa shape index (κ2) is 21.9. The zero-order chi connectivity index (χ0) is 64.2. The molecule has 10 heteroatoms. The molecule has 9 aliphatic rings. The summed E-state index contributed by atoms with van der Waals surface area (Å²) in [5.74, 6) is 1.16. The summed E-state index contributed by atoms with van der Waals surface area (Å²) in [6.45, 7) is 34.9. The molecule has 0 amide bonds. The number of ketones is 3. The van der Waals surface area contributed by atoms with Gasteiger partial charge in [0.1, 0.15) is 0 Å². The Morgan fingerprint density at radius 1 is 0.522 bits per heavy atom. The van der Waals surface area contributed by atoms with Crippen LogP contribution in [0.3, 0.4) is 0 Å². The third-order valence-electron chi connectivity index (χ3n) is 21.3. The van der Waals surface area contributed by atoms with Crippen LogP contribution in [0.25, 0.3) is 60.5 Å². The van der Waals surface area contributed by atoms with E-state index < -0.39 is 11.3 Å². The summed E-state index contributed by atoms with van der Waals surface area (Å²) in [5.41, 5.74) is 9.59. The van der Waals surface area contributed by atoms with Crippen molar-refractivity contribution in [1.82, 2.24) is 0 Å². The number of rotatable bonds is 13. The molecule has 0 spiro atoms. The largest absolute Gasteiger partial charge is 0.871 e. The van der Waals surface area contributed by atoms with Crippen LogP contribution in [-0.4, -0.2) is 28.7 Å². The Morgan fingerprint density at radius 3 is 1.42 bits per heavy atom. The topological polar surface area (TPSA) is 172 Å². The van der Waals surface area contributed by atoms with Crippen LogP contribution < -0.4 is 57.1 Å². The van der Waals surface area contributed by atoms with Gasteiger partial charge in [-0.05, 0) is 161 Å². The Kier molecular flexibility index (Phi) is 14.9. The average molecular weight is 1200 g/mol. The van der Waals surface area contributed by atoms with E-state index in [9.17, 15) is 9.90 Å². The number of benzene rings is 4. The van der Waals surface area contributed by atoms with Crippen LogP contribution in [0.2, 0.25) is 0 Å². The van der Waals surface area contributed by atoms with Crippen molar-refractivity contribution < 1.29 is 39.7 Å². The summed E-state index contributed by atoms with van der Waals surface area (Å²) in [7, 11) is 0. The molecular formula is C80H89N4O6-. The lowest BCUT2D eigenvalue weighted by molar-refractivity contribution is -0.589. The number of carbonyl (C=O) groups excluding carboxylic acids is 3. The van der Waals surface area contributed by atoms with E-state index in [0.717, 1.165) is 63.2 Å². The number of hydrogen-bond acceptors (Lipinski definition) is 8. The maximum absolute atomic E-state index is 15.6. The van der Waals surface area contributed by atoms with E-state index in [4.69, 9.17) is 0 Å².